The van der Waals surface area contributed by atoms with Gasteiger partial charge in [0.2, 0.25) is 0 Å². The van der Waals surface area contributed by atoms with E-state index in [4.69, 9.17) is 0 Å². The maximum absolute atomic E-state index is 2.51. The molecule has 0 aliphatic heterocycles. The van der Waals surface area contributed by atoms with Gasteiger partial charge in [-0.1, -0.05) is 34.1 Å². The summed E-state index contributed by atoms with van der Waals surface area (Å²) in [5, 5.41) is 0. The van der Waals surface area contributed by atoms with E-state index in [-0.39, 0.29) is 0 Å². The van der Waals surface area contributed by atoms with Crippen molar-refractivity contribution in [2.75, 3.05) is 0 Å². The molecule has 0 heteroatoms. The van der Waals surface area contributed by atoms with Crippen molar-refractivity contribution in [1.82, 2.24) is 0 Å². The summed E-state index contributed by atoms with van der Waals surface area (Å²) in [6, 6.07) is 0. The molecule has 0 saturated heterocycles. The maximum Gasteiger partial charge on any atom is -0.0354 e. The average molecular weight is 181 g/mol. The second-order valence-corrected chi connectivity index (χ2v) is 5.62. The molecule has 0 aromatic rings. The molecular weight excluding hydrogens is 156 g/mol. The third-order valence-electron chi connectivity index (χ3n) is 3.57. The van der Waals surface area contributed by atoms with Gasteiger partial charge in [0.15, 0.2) is 0 Å². The van der Waals surface area contributed by atoms with Gasteiger partial charge < -0.3 is 0 Å². The quantitative estimate of drug-likeness (QED) is 0.590. The monoisotopic (exact) mass is 181 g/mol. The molecule has 1 aliphatic rings. The Morgan fingerprint density at radius 1 is 1.08 bits per heavy atom. The summed E-state index contributed by atoms with van der Waals surface area (Å²) < 4.78 is 0. The lowest BCUT2D eigenvalue weighted by molar-refractivity contribution is 0.158. The molecule has 13 heavy (non-hydrogen) atoms. The fraction of sp³-hybridized carbons (Fsp3) is 0.923. The Hall–Kier alpha value is 0. The van der Waals surface area contributed by atoms with Crippen LogP contribution in [0.2, 0.25) is 0 Å². The van der Waals surface area contributed by atoms with Crippen LogP contribution in [0.5, 0.6) is 0 Å². The van der Waals surface area contributed by atoms with Gasteiger partial charge in [0.1, 0.15) is 0 Å². The summed E-state index contributed by atoms with van der Waals surface area (Å²) in [4.78, 5) is 0. The number of hydrogen-bond donors (Lipinski definition) is 0. The van der Waals surface area contributed by atoms with Crippen molar-refractivity contribution in [3.8, 4) is 0 Å². The van der Waals surface area contributed by atoms with E-state index in [2.05, 4.69) is 34.1 Å². The highest BCUT2D eigenvalue weighted by Gasteiger charge is 2.29. The first-order valence-corrected chi connectivity index (χ1v) is 5.87. The molecular formula is C13H25. The summed E-state index contributed by atoms with van der Waals surface area (Å²) >= 11 is 0. The zero-order valence-electron chi connectivity index (χ0n) is 9.77. The first kappa shape index (κ1) is 11.1. The van der Waals surface area contributed by atoms with E-state index in [1.54, 1.807) is 0 Å². The molecule has 1 aliphatic carbocycles. The molecule has 0 amide bonds. The average Bonchev–Trinajstić information content (AvgIpc) is 2.04. The van der Waals surface area contributed by atoms with E-state index in [1.807, 2.05) is 0 Å². The lowest BCUT2D eigenvalue weighted by atomic mass is 9.69. The van der Waals surface area contributed by atoms with Crippen LogP contribution < -0.4 is 0 Å². The van der Waals surface area contributed by atoms with Crippen LogP contribution in [0.3, 0.4) is 0 Å². The lowest BCUT2D eigenvalue weighted by Gasteiger charge is -2.36. The summed E-state index contributed by atoms with van der Waals surface area (Å²) in [5.41, 5.74) is 0.539. The minimum absolute atomic E-state index is 0.539. The van der Waals surface area contributed by atoms with Gasteiger partial charge in [0.05, 0.1) is 0 Å². The number of hydrogen-bond acceptors (Lipinski definition) is 0. The second-order valence-electron chi connectivity index (χ2n) is 5.62. The van der Waals surface area contributed by atoms with Crippen LogP contribution in [-0.4, -0.2) is 0 Å². The first-order chi connectivity index (χ1) is 6.04. The van der Waals surface area contributed by atoms with E-state index in [1.165, 1.54) is 32.1 Å². The molecule has 1 rings (SSSR count). The van der Waals surface area contributed by atoms with Gasteiger partial charge in [-0.2, -0.15) is 0 Å². The molecule has 1 fully saturated rings. The van der Waals surface area contributed by atoms with Crippen LogP contribution in [0, 0.1) is 23.7 Å². The van der Waals surface area contributed by atoms with Crippen LogP contribution in [-0.2, 0) is 0 Å². The van der Waals surface area contributed by atoms with Crippen LogP contribution in [0.1, 0.15) is 59.8 Å². The Balaban J connectivity index is 2.30. The molecule has 1 saturated carbocycles. The predicted molar refractivity (Wildman–Crippen MR) is 59.5 cm³/mol. The number of rotatable bonds is 2. The minimum Gasteiger partial charge on any atom is -0.0651 e. The smallest absolute Gasteiger partial charge is 0.0354 e. The Morgan fingerprint density at radius 2 is 1.62 bits per heavy atom. The molecule has 0 atom stereocenters. The Bertz CT molecular complexity index is 133. The molecule has 0 aromatic carbocycles. The third-order valence-corrected chi connectivity index (χ3v) is 3.57. The van der Waals surface area contributed by atoms with Crippen LogP contribution in [0.25, 0.3) is 0 Å². The summed E-state index contributed by atoms with van der Waals surface area (Å²) in [6.07, 6.45) is 9.55. The van der Waals surface area contributed by atoms with Crippen LogP contribution in [0.4, 0.5) is 0 Å². The van der Waals surface area contributed by atoms with E-state index in [9.17, 15) is 0 Å². The van der Waals surface area contributed by atoms with Crippen LogP contribution in [0.15, 0.2) is 0 Å². The molecule has 0 aromatic heterocycles. The van der Waals surface area contributed by atoms with Gasteiger partial charge in [-0.25, -0.2) is 0 Å². The highest BCUT2D eigenvalue weighted by atomic mass is 14.3. The molecule has 0 heterocycles. The zero-order chi connectivity index (χ0) is 9.90. The molecule has 0 N–H and O–H groups in total. The van der Waals surface area contributed by atoms with Gasteiger partial charge in [-0.05, 0) is 49.4 Å². The topological polar surface area (TPSA) is 0 Å². The maximum atomic E-state index is 2.51. The summed E-state index contributed by atoms with van der Waals surface area (Å²) in [5.74, 6) is 1.90. The minimum atomic E-state index is 0.539. The molecule has 77 valence electrons. The Kier molecular flexibility index (Phi) is 3.82. The van der Waals surface area contributed by atoms with Crippen molar-refractivity contribution in [3.63, 3.8) is 0 Å². The van der Waals surface area contributed by atoms with Crippen molar-refractivity contribution >= 4 is 0 Å². The standard InChI is InChI=1S/C13H25/c1-5-6-11-7-9-12(10-8-11)13(2,3)4/h6,11-12H,5,7-10H2,1-4H3. The largest absolute Gasteiger partial charge is 0.0651 e. The molecule has 0 unspecified atom stereocenters. The van der Waals surface area contributed by atoms with Gasteiger partial charge in [0, 0.05) is 0 Å². The van der Waals surface area contributed by atoms with Crippen molar-refractivity contribution in [3.05, 3.63) is 6.42 Å². The zero-order valence-corrected chi connectivity index (χ0v) is 9.77. The Morgan fingerprint density at radius 3 is 2.00 bits per heavy atom. The van der Waals surface area contributed by atoms with E-state index in [0.717, 1.165) is 11.8 Å². The van der Waals surface area contributed by atoms with E-state index in [0.29, 0.717) is 5.41 Å². The summed E-state index contributed by atoms with van der Waals surface area (Å²) in [7, 11) is 0. The van der Waals surface area contributed by atoms with Gasteiger partial charge >= 0.3 is 0 Å². The normalized spacial score (nSPS) is 30.5. The van der Waals surface area contributed by atoms with E-state index >= 15 is 0 Å². The van der Waals surface area contributed by atoms with Crippen molar-refractivity contribution < 1.29 is 0 Å². The Labute approximate surface area is 84.1 Å². The predicted octanol–water partition coefficient (Wildman–Crippen LogP) is 4.45. The third kappa shape index (κ3) is 3.32. The fourth-order valence-corrected chi connectivity index (χ4v) is 2.55. The molecule has 1 radical (unpaired) electrons. The van der Waals surface area contributed by atoms with Crippen LogP contribution >= 0.6 is 0 Å². The van der Waals surface area contributed by atoms with Gasteiger partial charge in [0.25, 0.3) is 0 Å². The van der Waals surface area contributed by atoms with Crippen molar-refractivity contribution in [2.45, 2.75) is 59.8 Å². The second kappa shape index (κ2) is 4.48. The highest BCUT2D eigenvalue weighted by Crippen LogP contribution is 2.40. The van der Waals surface area contributed by atoms with Crippen molar-refractivity contribution in [2.24, 2.45) is 17.3 Å². The lowest BCUT2D eigenvalue weighted by Crippen LogP contribution is -2.25. The summed E-state index contributed by atoms with van der Waals surface area (Å²) in [6.45, 7) is 9.43. The molecule has 0 spiro atoms. The molecule has 0 nitrogen and oxygen atoms in total. The van der Waals surface area contributed by atoms with E-state index < -0.39 is 0 Å². The highest BCUT2D eigenvalue weighted by molar-refractivity contribution is 4.85. The van der Waals surface area contributed by atoms with Gasteiger partial charge in [-0.3, -0.25) is 0 Å². The van der Waals surface area contributed by atoms with Crippen molar-refractivity contribution in [1.29, 1.82) is 0 Å². The fourth-order valence-electron chi connectivity index (χ4n) is 2.55. The molecule has 0 bridgehead atoms. The SMILES string of the molecule is CC[CH]C1CCC(C(C)(C)C)CC1. The van der Waals surface area contributed by atoms with Gasteiger partial charge in [-0.15, -0.1) is 0 Å². The first-order valence-electron chi connectivity index (χ1n) is 5.87.